The predicted molar refractivity (Wildman–Crippen MR) is 139 cm³/mol. The van der Waals surface area contributed by atoms with E-state index in [1.165, 1.54) is 0 Å². The molecule has 1 aliphatic rings. The third-order valence-electron chi connectivity index (χ3n) is 6.01. The molecular weight excluding hydrogens is 456 g/mol. The molecule has 1 N–H and O–H groups in total. The number of carbonyl (C=O) groups excluding carboxylic acids is 1. The Morgan fingerprint density at radius 2 is 1.86 bits per heavy atom. The van der Waals surface area contributed by atoms with Crippen LogP contribution in [0.4, 0.5) is 4.79 Å². The van der Waals surface area contributed by atoms with Crippen molar-refractivity contribution < 1.29 is 23.8 Å². The van der Waals surface area contributed by atoms with E-state index in [1.807, 2.05) is 82.3 Å². The van der Waals surface area contributed by atoms with Crippen LogP contribution in [-0.2, 0) is 11.2 Å². The highest BCUT2D eigenvalue weighted by molar-refractivity contribution is 5.77. The van der Waals surface area contributed by atoms with Gasteiger partial charge in [-0.15, -0.1) is 0 Å². The highest BCUT2D eigenvalue weighted by atomic mass is 16.6. The maximum atomic E-state index is 12.6. The van der Waals surface area contributed by atoms with Crippen molar-refractivity contribution in [3.63, 3.8) is 0 Å². The monoisotopic (exact) mass is 490 g/mol. The molecule has 2 aromatic carbocycles. The van der Waals surface area contributed by atoms with E-state index in [0.29, 0.717) is 38.4 Å². The van der Waals surface area contributed by atoms with Crippen molar-refractivity contribution in [2.75, 3.05) is 26.3 Å². The SMILES string of the molecule is Cc1oc(-c2ccccc2)nc1CCOc1cccc(C2=C(CO)CCN(C(=O)OC(C)(C)C)C2)c1. The molecule has 0 fully saturated rings. The highest BCUT2D eigenvalue weighted by Gasteiger charge is 2.27. The second-order valence-electron chi connectivity index (χ2n) is 9.91. The molecule has 36 heavy (non-hydrogen) atoms. The predicted octanol–water partition coefficient (Wildman–Crippen LogP) is 5.66. The molecular formula is C29H34N2O5. The van der Waals surface area contributed by atoms with Gasteiger partial charge in [-0.05, 0) is 75.1 Å². The van der Waals surface area contributed by atoms with E-state index in [1.54, 1.807) is 4.90 Å². The van der Waals surface area contributed by atoms with Crippen LogP contribution in [0.1, 0.15) is 44.2 Å². The van der Waals surface area contributed by atoms with Gasteiger partial charge in [0.05, 0.1) is 18.9 Å². The molecule has 0 atom stereocenters. The lowest BCUT2D eigenvalue weighted by atomic mass is 9.94. The van der Waals surface area contributed by atoms with Crippen molar-refractivity contribution >= 4 is 11.7 Å². The van der Waals surface area contributed by atoms with Gasteiger partial charge >= 0.3 is 6.09 Å². The Hall–Kier alpha value is -3.58. The van der Waals surface area contributed by atoms with Crippen LogP contribution in [0, 0.1) is 6.92 Å². The van der Waals surface area contributed by atoms with Gasteiger partial charge in [-0.1, -0.05) is 30.3 Å². The summed E-state index contributed by atoms with van der Waals surface area (Å²) in [6, 6.07) is 17.6. The summed E-state index contributed by atoms with van der Waals surface area (Å²) in [5.41, 5.74) is 4.04. The molecule has 3 aromatic rings. The van der Waals surface area contributed by atoms with Crippen LogP contribution < -0.4 is 4.74 Å². The zero-order valence-corrected chi connectivity index (χ0v) is 21.4. The average molecular weight is 491 g/mol. The van der Waals surface area contributed by atoms with E-state index in [4.69, 9.17) is 13.9 Å². The summed E-state index contributed by atoms with van der Waals surface area (Å²) in [7, 11) is 0. The first-order chi connectivity index (χ1) is 17.2. The zero-order valence-electron chi connectivity index (χ0n) is 21.4. The molecule has 2 heterocycles. The number of amides is 1. The number of hydrogen-bond acceptors (Lipinski definition) is 6. The normalized spacial score (nSPS) is 14.2. The number of aryl methyl sites for hydroxylation is 1. The first-order valence-corrected chi connectivity index (χ1v) is 12.3. The summed E-state index contributed by atoms with van der Waals surface area (Å²) >= 11 is 0. The molecule has 7 nitrogen and oxygen atoms in total. The lowest BCUT2D eigenvalue weighted by Crippen LogP contribution is -2.40. The van der Waals surface area contributed by atoms with Crippen LogP contribution in [-0.4, -0.2) is 53.0 Å². The van der Waals surface area contributed by atoms with Gasteiger partial charge in [0.15, 0.2) is 0 Å². The Morgan fingerprint density at radius 1 is 1.11 bits per heavy atom. The van der Waals surface area contributed by atoms with E-state index < -0.39 is 5.60 Å². The van der Waals surface area contributed by atoms with Gasteiger partial charge in [-0.25, -0.2) is 9.78 Å². The topological polar surface area (TPSA) is 85.0 Å². The van der Waals surface area contributed by atoms with Crippen molar-refractivity contribution in [1.29, 1.82) is 0 Å². The van der Waals surface area contributed by atoms with Crippen LogP contribution in [0.15, 0.2) is 64.6 Å². The molecule has 0 unspecified atom stereocenters. The van der Waals surface area contributed by atoms with Gasteiger partial charge in [-0.3, -0.25) is 0 Å². The summed E-state index contributed by atoms with van der Waals surface area (Å²) in [5, 5.41) is 9.94. The minimum absolute atomic E-state index is 0.0439. The molecule has 1 aromatic heterocycles. The summed E-state index contributed by atoms with van der Waals surface area (Å²) in [5.74, 6) is 2.12. The quantitative estimate of drug-likeness (QED) is 0.460. The molecule has 0 radical (unpaired) electrons. The third kappa shape index (κ3) is 6.34. The van der Waals surface area contributed by atoms with E-state index >= 15 is 0 Å². The molecule has 1 aliphatic heterocycles. The molecule has 0 aliphatic carbocycles. The average Bonchev–Trinajstić information content (AvgIpc) is 3.23. The van der Waals surface area contributed by atoms with Crippen molar-refractivity contribution in [3.05, 3.63) is 77.2 Å². The molecule has 0 saturated carbocycles. The number of hydrogen-bond donors (Lipinski definition) is 1. The van der Waals surface area contributed by atoms with Crippen LogP contribution in [0.5, 0.6) is 5.75 Å². The number of oxazole rings is 1. The second-order valence-corrected chi connectivity index (χ2v) is 9.91. The Bertz CT molecular complexity index is 1220. The zero-order chi connectivity index (χ0) is 25.7. The summed E-state index contributed by atoms with van der Waals surface area (Å²) < 4.78 is 17.4. The van der Waals surface area contributed by atoms with Crippen molar-refractivity contribution in [1.82, 2.24) is 9.88 Å². The van der Waals surface area contributed by atoms with Gasteiger partial charge in [0.1, 0.15) is 17.1 Å². The van der Waals surface area contributed by atoms with Gasteiger partial charge in [0.2, 0.25) is 5.89 Å². The minimum atomic E-state index is -0.559. The fraction of sp³-hybridized carbons (Fsp3) is 0.379. The van der Waals surface area contributed by atoms with Crippen LogP contribution >= 0.6 is 0 Å². The maximum Gasteiger partial charge on any atom is 0.410 e. The van der Waals surface area contributed by atoms with Gasteiger partial charge in [0.25, 0.3) is 0 Å². The second kappa shape index (κ2) is 11.0. The van der Waals surface area contributed by atoms with E-state index in [-0.39, 0.29) is 12.7 Å². The van der Waals surface area contributed by atoms with Crippen LogP contribution in [0.3, 0.4) is 0 Å². The minimum Gasteiger partial charge on any atom is -0.493 e. The number of carbonyl (C=O) groups is 1. The van der Waals surface area contributed by atoms with E-state index in [2.05, 4.69) is 4.98 Å². The first kappa shape index (κ1) is 25.5. The molecule has 1 amide bonds. The largest absolute Gasteiger partial charge is 0.493 e. The molecule has 4 rings (SSSR count). The standard InChI is InChI=1S/C29H34N2O5/c1-20-26(30-27(35-20)21-9-6-5-7-10-21)14-16-34-24-12-8-11-22(17-24)25-18-31(15-13-23(25)19-32)28(33)36-29(2,3)4/h5-12,17,32H,13-16,18-19H2,1-4H3. The summed E-state index contributed by atoms with van der Waals surface area (Å²) in [6.45, 7) is 8.79. The summed E-state index contributed by atoms with van der Waals surface area (Å²) in [4.78, 5) is 19.0. The lowest BCUT2D eigenvalue weighted by Gasteiger charge is -2.32. The number of rotatable bonds is 7. The first-order valence-electron chi connectivity index (χ1n) is 12.3. The number of nitrogens with zero attached hydrogens (tertiary/aromatic N) is 2. The van der Waals surface area contributed by atoms with Crippen LogP contribution in [0.2, 0.25) is 0 Å². The van der Waals surface area contributed by atoms with Gasteiger partial charge in [0, 0.05) is 25.1 Å². The maximum absolute atomic E-state index is 12.6. The fourth-order valence-corrected chi connectivity index (χ4v) is 4.16. The Balaban J connectivity index is 1.42. The van der Waals surface area contributed by atoms with Crippen LogP contribution in [0.25, 0.3) is 17.0 Å². The molecule has 190 valence electrons. The number of aliphatic hydroxyl groups excluding tert-OH is 1. The lowest BCUT2D eigenvalue weighted by molar-refractivity contribution is 0.0268. The van der Waals surface area contributed by atoms with E-state index in [9.17, 15) is 9.90 Å². The van der Waals surface area contributed by atoms with Gasteiger partial charge < -0.3 is 23.9 Å². The Kier molecular flexibility index (Phi) is 7.79. The fourth-order valence-electron chi connectivity index (χ4n) is 4.16. The molecule has 7 heteroatoms. The van der Waals surface area contributed by atoms with Crippen molar-refractivity contribution in [2.45, 2.75) is 46.1 Å². The highest BCUT2D eigenvalue weighted by Crippen LogP contribution is 2.30. The Morgan fingerprint density at radius 3 is 2.58 bits per heavy atom. The summed E-state index contributed by atoms with van der Waals surface area (Å²) in [6.07, 6.45) is 0.872. The Labute approximate surface area is 212 Å². The van der Waals surface area contributed by atoms with Crippen molar-refractivity contribution in [3.8, 4) is 17.2 Å². The number of aromatic nitrogens is 1. The molecule has 0 spiro atoms. The number of ether oxygens (including phenoxy) is 2. The van der Waals surface area contributed by atoms with Crippen molar-refractivity contribution in [2.24, 2.45) is 0 Å². The molecule has 0 saturated heterocycles. The number of benzene rings is 2. The third-order valence-corrected chi connectivity index (χ3v) is 6.01. The van der Waals surface area contributed by atoms with E-state index in [0.717, 1.165) is 39.5 Å². The molecule has 0 bridgehead atoms. The number of aliphatic hydroxyl groups is 1. The van der Waals surface area contributed by atoms with Gasteiger partial charge in [-0.2, -0.15) is 0 Å². The smallest absolute Gasteiger partial charge is 0.410 e.